The molecule has 0 aliphatic carbocycles. The highest BCUT2D eigenvalue weighted by molar-refractivity contribution is 5.94. The maximum Gasteiger partial charge on any atom is 0.573 e. The number of nitrogens with zero attached hydrogens (tertiary/aromatic N) is 2. The molecular formula is C8H5F3N4O2. The molecule has 0 aliphatic heterocycles. The van der Waals surface area contributed by atoms with Gasteiger partial charge in [0, 0.05) is 0 Å². The fourth-order valence-corrected chi connectivity index (χ4v) is 1.03. The number of anilines is 1. The van der Waals surface area contributed by atoms with E-state index in [2.05, 4.69) is 9.72 Å². The highest BCUT2D eigenvalue weighted by atomic mass is 19.4. The van der Waals surface area contributed by atoms with Gasteiger partial charge in [0.1, 0.15) is 17.3 Å². The van der Waals surface area contributed by atoms with Crippen LogP contribution in [0.3, 0.4) is 0 Å². The summed E-state index contributed by atoms with van der Waals surface area (Å²) in [5.74, 6) is -2.14. The summed E-state index contributed by atoms with van der Waals surface area (Å²) in [6.07, 6.45) is -4.29. The van der Waals surface area contributed by atoms with Crippen LogP contribution >= 0.6 is 0 Å². The largest absolute Gasteiger partial charge is 0.573 e. The van der Waals surface area contributed by atoms with Gasteiger partial charge in [0.15, 0.2) is 5.75 Å². The highest BCUT2D eigenvalue weighted by Gasteiger charge is 2.34. The van der Waals surface area contributed by atoms with Crippen LogP contribution in [0.15, 0.2) is 6.20 Å². The Hall–Kier alpha value is -2.50. The van der Waals surface area contributed by atoms with Gasteiger partial charge in [-0.05, 0) is 0 Å². The zero-order valence-electron chi connectivity index (χ0n) is 8.08. The fraction of sp³-hybridized carbons (Fsp3) is 0.125. The Morgan fingerprint density at radius 2 is 2.12 bits per heavy atom. The van der Waals surface area contributed by atoms with Crippen molar-refractivity contribution in [1.82, 2.24) is 4.98 Å². The summed E-state index contributed by atoms with van der Waals surface area (Å²) in [7, 11) is 0. The van der Waals surface area contributed by atoms with Crippen LogP contribution in [0, 0.1) is 11.3 Å². The average Bonchev–Trinajstić information content (AvgIpc) is 2.18. The first-order chi connectivity index (χ1) is 7.76. The van der Waals surface area contributed by atoms with Crippen molar-refractivity contribution >= 4 is 11.6 Å². The molecule has 9 heteroatoms. The number of amides is 1. The fourth-order valence-electron chi connectivity index (χ4n) is 1.03. The zero-order valence-corrected chi connectivity index (χ0v) is 8.08. The molecule has 0 aromatic carbocycles. The number of ether oxygens (including phenoxy) is 1. The number of primary amides is 1. The Morgan fingerprint density at radius 1 is 1.53 bits per heavy atom. The van der Waals surface area contributed by atoms with Gasteiger partial charge in [0.25, 0.3) is 5.91 Å². The molecule has 0 atom stereocenters. The molecule has 0 radical (unpaired) electrons. The van der Waals surface area contributed by atoms with Crippen LogP contribution in [-0.2, 0) is 0 Å². The van der Waals surface area contributed by atoms with E-state index < -0.39 is 35.0 Å². The molecule has 0 aliphatic rings. The second-order valence-corrected chi connectivity index (χ2v) is 2.79. The Kier molecular flexibility index (Phi) is 3.08. The number of nitriles is 1. The molecular weight excluding hydrogens is 241 g/mol. The maximum atomic E-state index is 12.0. The van der Waals surface area contributed by atoms with E-state index in [9.17, 15) is 18.0 Å². The second kappa shape index (κ2) is 4.17. The van der Waals surface area contributed by atoms with Gasteiger partial charge in [0.2, 0.25) is 0 Å². The molecule has 0 spiro atoms. The van der Waals surface area contributed by atoms with E-state index in [-0.39, 0.29) is 0 Å². The Bertz CT molecular complexity index is 507. The van der Waals surface area contributed by atoms with Crippen molar-refractivity contribution in [3.05, 3.63) is 17.5 Å². The summed E-state index contributed by atoms with van der Waals surface area (Å²) in [5, 5.41) is 8.67. The summed E-state index contributed by atoms with van der Waals surface area (Å²) in [6, 6.07) is 1.34. The number of alkyl halides is 3. The minimum absolute atomic E-state index is 0.524. The first kappa shape index (κ1) is 12.6. The molecule has 0 unspecified atom stereocenters. The predicted molar refractivity (Wildman–Crippen MR) is 48.6 cm³/mol. The number of pyridine rings is 1. The standard InChI is InChI=1S/C8H5F3N4O2/c9-8(10,11)17-6-3(1-12)5(7(14)16)15-2-4(6)13/h2H,13H2,(H2,14,16). The lowest BCUT2D eigenvalue weighted by Crippen LogP contribution is -2.21. The number of aromatic nitrogens is 1. The van der Waals surface area contributed by atoms with Crippen LogP contribution < -0.4 is 16.2 Å². The van der Waals surface area contributed by atoms with Crippen molar-refractivity contribution in [3.63, 3.8) is 0 Å². The van der Waals surface area contributed by atoms with E-state index in [0.717, 1.165) is 6.20 Å². The smallest absolute Gasteiger partial charge is 0.402 e. The van der Waals surface area contributed by atoms with Crippen LogP contribution in [0.25, 0.3) is 0 Å². The van der Waals surface area contributed by atoms with E-state index in [0.29, 0.717) is 0 Å². The number of rotatable bonds is 2. The first-order valence-corrected chi connectivity index (χ1v) is 4.00. The molecule has 0 saturated carbocycles. The van der Waals surface area contributed by atoms with E-state index in [1.807, 2.05) is 0 Å². The molecule has 0 bridgehead atoms. The van der Waals surface area contributed by atoms with Crippen molar-refractivity contribution in [2.24, 2.45) is 5.73 Å². The summed E-state index contributed by atoms with van der Waals surface area (Å²) in [4.78, 5) is 14.2. The minimum atomic E-state index is -5.05. The van der Waals surface area contributed by atoms with Crippen molar-refractivity contribution in [1.29, 1.82) is 5.26 Å². The zero-order chi connectivity index (χ0) is 13.2. The minimum Gasteiger partial charge on any atom is -0.402 e. The molecule has 17 heavy (non-hydrogen) atoms. The van der Waals surface area contributed by atoms with Crippen molar-refractivity contribution < 1.29 is 22.7 Å². The predicted octanol–water partition coefficient (Wildman–Crippen LogP) is 0.533. The van der Waals surface area contributed by atoms with E-state index in [1.54, 1.807) is 0 Å². The number of carbonyl (C=O) groups excluding carboxylic acids is 1. The molecule has 0 saturated heterocycles. The van der Waals surface area contributed by atoms with Gasteiger partial charge in [-0.1, -0.05) is 0 Å². The number of nitrogen functional groups attached to an aromatic ring is 1. The molecule has 1 rings (SSSR count). The van der Waals surface area contributed by atoms with Gasteiger partial charge in [0.05, 0.1) is 11.9 Å². The molecule has 4 N–H and O–H groups in total. The van der Waals surface area contributed by atoms with Crippen LogP contribution in [-0.4, -0.2) is 17.3 Å². The monoisotopic (exact) mass is 246 g/mol. The third-order valence-electron chi connectivity index (χ3n) is 1.62. The van der Waals surface area contributed by atoms with Gasteiger partial charge < -0.3 is 16.2 Å². The molecule has 1 amide bonds. The number of nitrogens with two attached hydrogens (primary N) is 2. The molecule has 0 fully saturated rings. The maximum absolute atomic E-state index is 12.0. The Morgan fingerprint density at radius 3 is 2.53 bits per heavy atom. The Labute approximate surface area is 92.6 Å². The lowest BCUT2D eigenvalue weighted by molar-refractivity contribution is -0.274. The van der Waals surface area contributed by atoms with Crippen LogP contribution in [0.2, 0.25) is 0 Å². The second-order valence-electron chi connectivity index (χ2n) is 2.79. The van der Waals surface area contributed by atoms with Crippen molar-refractivity contribution in [2.45, 2.75) is 6.36 Å². The highest BCUT2D eigenvalue weighted by Crippen LogP contribution is 2.32. The van der Waals surface area contributed by atoms with E-state index >= 15 is 0 Å². The van der Waals surface area contributed by atoms with Crippen LogP contribution in [0.5, 0.6) is 5.75 Å². The number of hydrogen-bond donors (Lipinski definition) is 2. The number of halogens is 3. The van der Waals surface area contributed by atoms with Crippen LogP contribution in [0.1, 0.15) is 16.1 Å². The molecule has 90 valence electrons. The van der Waals surface area contributed by atoms with Gasteiger partial charge in [-0.15, -0.1) is 13.2 Å². The average molecular weight is 246 g/mol. The summed E-state index contributed by atoms with van der Waals surface area (Å²) < 4.78 is 39.7. The molecule has 6 nitrogen and oxygen atoms in total. The normalized spacial score (nSPS) is 10.7. The summed E-state index contributed by atoms with van der Waals surface area (Å²) in [6.45, 7) is 0. The van der Waals surface area contributed by atoms with E-state index in [1.165, 1.54) is 6.07 Å². The number of hydrogen-bond acceptors (Lipinski definition) is 5. The third kappa shape index (κ3) is 2.75. The SMILES string of the molecule is N#Cc1c(C(N)=O)ncc(N)c1OC(F)(F)F. The van der Waals surface area contributed by atoms with Crippen molar-refractivity contribution in [2.75, 3.05) is 5.73 Å². The lowest BCUT2D eigenvalue weighted by Gasteiger charge is -2.13. The summed E-state index contributed by atoms with van der Waals surface area (Å²) in [5.41, 5.74) is 8.11. The van der Waals surface area contributed by atoms with Gasteiger partial charge in [-0.25, -0.2) is 4.98 Å². The topological polar surface area (TPSA) is 115 Å². The summed E-state index contributed by atoms with van der Waals surface area (Å²) >= 11 is 0. The molecule has 1 aromatic rings. The lowest BCUT2D eigenvalue weighted by atomic mass is 10.1. The van der Waals surface area contributed by atoms with Gasteiger partial charge in [-0.3, -0.25) is 4.79 Å². The Balaban J connectivity index is 3.42. The van der Waals surface area contributed by atoms with E-state index in [4.69, 9.17) is 16.7 Å². The quantitative estimate of drug-likeness (QED) is 0.789. The molecule has 1 heterocycles. The van der Waals surface area contributed by atoms with Crippen LogP contribution in [0.4, 0.5) is 18.9 Å². The molecule has 1 aromatic heterocycles. The van der Waals surface area contributed by atoms with Crippen molar-refractivity contribution in [3.8, 4) is 11.8 Å². The first-order valence-electron chi connectivity index (χ1n) is 4.00. The van der Waals surface area contributed by atoms with Gasteiger partial charge >= 0.3 is 6.36 Å². The van der Waals surface area contributed by atoms with Gasteiger partial charge in [-0.2, -0.15) is 5.26 Å². The number of carbonyl (C=O) groups is 1. The third-order valence-corrected chi connectivity index (χ3v) is 1.62.